The molecule has 0 aromatic carbocycles. The van der Waals surface area contributed by atoms with E-state index in [1.54, 1.807) is 0 Å². The van der Waals surface area contributed by atoms with E-state index in [0.29, 0.717) is 0 Å². The summed E-state index contributed by atoms with van der Waals surface area (Å²) in [5, 5.41) is 3.07. The van der Waals surface area contributed by atoms with Crippen LogP contribution in [-0.4, -0.2) is 0 Å². The molecule has 0 aliphatic heterocycles. The molecular formula is C14H16NiS4-4. The minimum Gasteiger partial charge on any atom is -0.789 e. The van der Waals surface area contributed by atoms with Crippen LogP contribution in [0.15, 0.2) is 20.6 Å². The molecule has 0 fully saturated rings. The molecule has 0 spiro atoms. The van der Waals surface area contributed by atoms with Crippen molar-refractivity contribution in [2.45, 2.75) is 38.5 Å². The Labute approximate surface area is 150 Å². The summed E-state index contributed by atoms with van der Waals surface area (Å²) in [4.78, 5) is 1.67. The van der Waals surface area contributed by atoms with E-state index in [0.717, 1.165) is 48.3 Å². The third-order valence-electron chi connectivity index (χ3n) is 1.75. The third kappa shape index (κ3) is 23.5. The fourth-order valence-electron chi connectivity index (χ4n) is 0.847. The number of terminal acetylenes is 2. The second-order valence-corrected chi connectivity index (χ2v) is 4.80. The molecule has 0 nitrogen and oxygen atoms in total. The molecule has 0 amide bonds. The van der Waals surface area contributed by atoms with Gasteiger partial charge in [-0.3, -0.25) is 0 Å². The quantitative estimate of drug-likeness (QED) is 0.304. The smallest absolute Gasteiger partial charge is 0.00884 e. The zero-order chi connectivity index (χ0) is 14.2. The van der Waals surface area contributed by atoms with Crippen molar-refractivity contribution in [2.24, 2.45) is 0 Å². The topological polar surface area (TPSA) is 0 Å². The van der Waals surface area contributed by atoms with Crippen LogP contribution in [0.4, 0.5) is 0 Å². The van der Waals surface area contributed by atoms with Gasteiger partial charge in [0.15, 0.2) is 0 Å². The number of allylic oxidation sites excluding steroid dienone is 2. The zero-order valence-corrected chi connectivity index (χ0v) is 14.8. The first-order valence-electron chi connectivity index (χ1n) is 5.45. The van der Waals surface area contributed by atoms with Crippen LogP contribution < -0.4 is 0 Å². The van der Waals surface area contributed by atoms with E-state index in [9.17, 15) is 0 Å². The van der Waals surface area contributed by atoms with E-state index in [1.165, 1.54) is 10.8 Å². The zero-order valence-electron chi connectivity index (χ0n) is 10.5. The summed E-state index contributed by atoms with van der Waals surface area (Å²) < 4.78 is 0. The van der Waals surface area contributed by atoms with E-state index in [2.05, 4.69) is 37.1 Å². The molecule has 0 aromatic heterocycles. The van der Waals surface area contributed by atoms with Crippen molar-refractivity contribution < 1.29 is 16.5 Å². The van der Waals surface area contributed by atoms with Crippen molar-refractivity contribution in [1.29, 1.82) is 0 Å². The van der Waals surface area contributed by atoms with Crippen molar-refractivity contribution in [3.63, 3.8) is 0 Å². The van der Waals surface area contributed by atoms with Gasteiger partial charge >= 0.3 is 0 Å². The van der Waals surface area contributed by atoms with Gasteiger partial charge in [0, 0.05) is 29.3 Å². The minimum absolute atomic E-state index is 0. The Hall–Kier alpha value is -0.0265. The standard InChI is InChI=1S/2C7H10S2.Ni/c2*1-2-3-4-5-7(9)6-8;/h2*1,6,8-9H,3-5H2;/p-4/b2*7-6-;. The SMILES string of the molecule is C#CCCC/C([S-])=C/[S-].C#CCCC/C([S-])=C/[S-].[Ni]. The van der Waals surface area contributed by atoms with Crippen molar-refractivity contribution in [2.75, 3.05) is 0 Å². The molecule has 110 valence electrons. The first-order valence-corrected chi connectivity index (χ1v) is 7.21. The van der Waals surface area contributed by atoms with Crippen LogP contribution in [0.5, 0.6) is 0 Å². The molecule has 19 heavy (non-hydrogen) atoms. The molecule has 0 unspecified atom stereocenters. The molecule has 0 bridgehead atoms. The largest absolute Gasteiger partial charge is 0.789 e. The Balaban J connectivity index is -0.000000256. The molecule has 5 heteroatoms. The van der Waals surface area contributed by atoms with Crippen LogP contribution >= 0.6 is 0 Å². The maximum atomic E-state index is 5.03. The van der Waals surface area contributed by atoms with Gasteiger partial charge in [-0.15, -0.1) is 24.7 Å². The van der Waals surface area contributed by atoms with Gasteiger partial charge in [-0.2, -0.15) is 0 Å². The number of hydrogen-bond donors (Lipinski definition) is 0. The van der Waals surface area contributed by atoms with E-state index < -0.39 is 0 Å². The van der Waals surface area contributed by atoms with Crippen molar-refractivity contribution in [3.05, 3.63) is 20.6 Å². The van der Waals surface area contributed by atoms with Crippen molar-refractivity contribution in [1.82, 2.24) is 0 Å². The van der Waals surface area contributed by atoms with Gasteiger partial charge in [0.25, 0.3) is 0 Å². The van der Waals surface area contributed by atoms with Gasteiger partial charge in [-0.25, -0.2) is 20.6 Å². The van der Waals surface area contributed by atoms with Gasteiger partial charge in [-0.05, 0) is 12.8 Å². The molecule has 0 saturated carbocycles. The molecule has 0 atom stereocenters. The van der Waals surface area contributed by atoms with Crippen LogP contribution in [0.3, 0.4) is 0 Å². The van der Waals surface area contributed by atoms with E-state index in [4.69, 9.17) is 38.1 Å². The normalized spacial score (nSPS) is 10.2. The second kappa shape index (κ2) is 20.3. The average molecular weight is 371 g/mol. The second-order valence-electron chi connectivity index (χ2n) is 3.28. The fraction of sp³-hybridized carbons (Fsp3) is 0.429. The molecule has 0 radical (unpaired) electrons. The molecule has 0 aliphatic carbocycles. The summed E-state index contributed by atoms with van der Waals surface area (Å²) in [7, 11) is 0. The Bertz CT molecular complexity index is 300. The van der Waals surface area contributed by atoms with Gasteiger partial charge in [0.1, 0.15) is 0 Å². The van der Waals surface area contributed by atoms with Gasteiger partial charge < -0.3 is 50.5 Å². The summed E-state index contributed by atoms with van der Waals surface area (Å²) in [5.41, 5.74) is 0. The van der Waals surface area contributed by atoms with Crippen molar-refractivity contribution >= 4 is 50.5 Å². The molecule has 0 aromatic rings. The first kappa shape index (κ1) is 24.0. The van der Waals surface area contributed by atoms with Crippen molar-refractivity contribution in [3.8, 4) is 24.7 Å². The minimum atomic E-state index is 0. The third-order valence-corrected chi connectivity index (χ3v) is 3.26. The summed E-state index contributed by atoms with van der Waals surface area (Å²) in [6.45, 7) is 0. The molecule has 0 saturated heterocycles. The van der Waals surface area contributed by atoms with Crippen LogP contribution in [0, 0.1) is 24.7 Å². The number of rotatable bonds is 6. The molecule has 0 aliphatic rings. The van der Waals surface area contributed by atoms with E-state index in [1.807, 2.05) is 0 Å². The predicted molar refractivity (Wildman–Crippen MR) is 91.0 cm³/mol. The Morgan fingerprint density at radius 3 is 1.37 bits per heavy atom. The van der Waals surface area contributed by atoms with Gasteiger partial charge in [0.05, 0.1) is 0 Å². The Morgan fingerprint density at radius 1 is 0.842 bits per heavy atom. The van der Waals surface area contributed by atoms with Gasteiger partial charge in [-0.1, -0.05) is 12.8 Å². The molecule has 0 heterocycles. The Morgan fingerprint density at radius 2 is 1.16 bits per heavy atom. The summed E-state index contributed by atoms with van der Waals surface area (Å²) in [6.07, 6.45) is 15.3. The molecule has 0 N–H and O–H groups in total. The van der Waals surface area contributed by atoms with Crippen LogP contribution in [0.25, 0.3) is 0 Å². The van der Waals surface area contributed by atoms with Crippen LogP contribution in [0.1, 0.15) is 38.5 Å². The fourth-order valence-corrected chi connectivity index (χ4v) is 1.37. The number of hydrogen-bond acceptors (Lipinski definition) is 4. The average Bonchev–Trinajstić information content (AvgIpc) is 2.39. The van der Waals surface area contributed by atoms with E-state index in [-0.39, 0.29) is 16.5 Å². The Kier molecular flexibility index (Phi) is 25.7. The molecule has 0 rings (SSSR count). The maximum Gasteiger partial charge on any atom is 0.00884 e. The maximum absolute atomic E-state index is 5.03. The van der Waals surface area contributed by atoms with Crippen LogP contribution in [-0.2, 0) is 67.0 Å². The summed E-state index contributed by atoms with van der Waals surface area (Å²) in [5.74, 6) is 5.08. The summed E-state index contributed by atoms with van der Waals surface area (Å²) >= 11 is 18.9. The summed E-state index contributed by atoms with van der Waals surface area (Å²) in [6, 6.07) is 0. The van der Waals surface area contributed by atoms with E-state index >= 15 is 0 Å². The number of unbranched alkanes of at least 4 members (excludes halogenated alkanes) is 2. The van der Waals surface area contributed by atoms with Gasteiger partial charge in [0.2, 0.25) is 0 Å². The molecular weight excluding hydrogens is 355 g/mol. The van der Waals surface area contributed by atoms with Crippen LogP contribution in [0.2, 0.25) is 0 Å². The predicted octanol–water partition coefficient (Wildman–Crippen LogP) is 3.45. The first-order chi connectivity index (χ1) is 8.62. The monoisotopic (exact) mass is 370 g/mol.